The van der Waals surface area contributed by atoms with Crippen molar-refractivity contribution in [1.29, 1.82) is 0 Å². The van der Waals surface area contributed by atoms with Crippen molar-refractivity contribution >= 4 is 28.9 Å². The van der Waals surface area contributed by atoms with Crippen LogP contribution in [0.4, 0.5) is 10.1 Å². The zero-order chi connectivity index (χ0) is 21.4. The lowest BCUT2D eigenvalue weighted by atomic mass is 9.63. The van der Waals surface area contributed by atoms with Gasteiger partial charge < -0.3 is 10.1 Å². The highest BCUT2D eigenvalue weighted by Crippen LogP contribution is 2.45. The maximum Gasteiger partial charge on any atom is 0.341 e. The van der Waals surface area contributed by atoms with Gasteiger partial charge in [-0.05, 0) is 66.0 Å². The van der Waals surface area contributed by atoms with Gasteiger partial charge in [-0.3, -0.25) is 0 Å². The predicted molar refractivity (Wildman–Crippen MR) is 119 cm³/mol. The molecule has 154 valence electrons. The first-order valence-corrected chi connectivity index (χ1v) is 10.4. The van der Waals surface area contributed by atoms with E-state index in [1.165, 1.54) is 23.3 Å². The van der Waals surface area contributed by atoms with Crippen LogP contribution in [0.5, 0.6) is 0 Å². The summed E-state index contributed by atoms with van der Waals surface area (Å²) < 4.78 is 19.2. The molecule has 0 atom stereocenters. The number of hydrogen-bond donors (Lipinski definition) is 1. The van der Waals surface area contributed by atoms with Gasteiger partial charge in [0, 0.05) is 11.3 Å². The van der Waals surface area contributed by atoms with Crippen molar-refractivity contribution in [3.8, 4) is 0 Å². The summed E-state index contributed by atoms with van der Waals surface area (Å²) in [6, 6.07) is 10.7. The molecule has 2 aromatic rings. The van der Waals surface area contributed by atoms with Crippen LogP contribution in [-0.2, 0) is 15.6 Å². The van der Waals surface area contributed by atoms with E-state index in [-0.39, 0.29) is 23.0 Å². The normalized spacial score (nSPS) is 16.6. The minimum atomic E-state index is -0.668. The fraction of sp³-hybridized carbons (Fsp3) is 0.417. The number of carbonyl (C=O) groups excluding carboxylic acids is 1. The van der Waals surface area contributed by atoms with Gasteiger partial charge in [-0.25, -0.2) is 9.18 Å². The Morgan fingerprint density at radius 2 is 1.72 bits per heavy atom. The van der Waals surface area contributed by atoms with Gasteiger partial charge in [0.05, 0.1) is 12.2 Å². The summed E-state index contributed by atoms with van der Waals surface area (Å²) in [5.74, 6) is -1.30. The number of thiocarbonyl (C=S) groups is 1. The quantitative estimate of drug-likeness (QED) is 0.483. The molecule has 0 unspecified atom stereocenters. The first kappa shape index (κ1) is 21.4. The number of halogens is 1. The molecule has 0 spiro atoms. The SMILES string of the molecule is CCOC(=O)c1ccc(NC(=S)c2ccc3c(c2)C(C)(C)CCC3(C)C)cc1F. The van der Waals surface area contributed by atoms with Crippen LogP contribution in [0.2, 0.25) is 0 Å². The standard InChI is InChI=1S/C24H28FNO2S/c1-6-28-22(27)17-9-8-16(14-20(17)25)26-21(29)15-7-10-18-19(13-15)24(4,5)12-11-23(18,2)3/h7-10,13-14H,6,11-12H2,1-5H3,(H,26,29). The van der Waals surface area contributed by atoms with E-state index in [1.54, 1.807) is 13.0 Å². The van der Waals surface area contributed by atoms with Crippen molar-refractivity contribution in [2.24, 2.45) is 0 Å². The maximum atomic E-state index is 14.3. The molecule has 5 heteroatoms. The summed E-state index contributed by atoms with van der Waals surface area (Å²) in [5.41, 5.74) is 4.23. The average molecular weight is 414 g/mol. The van der Waals surface area contributed by atoms with Crippen molar-refractivity contribution in [3.05, 3.63) is 64.5 Å². The van der Waals surface area contributed by atoms with Crippen LogP contribution in [0.25, 0.3) is 0 Å². The van der Waals surface area contributed by atoms with E-state index < -0.39 is 11.8 Å². The molecule has 0 bridgehead atoms. The first-order valence-electron chi connectivity index (χ1n) is 9.98. The topological polar surface area (TPSA) is 38.3 Å². The fourth-order valence-electron chi connectivity index (χ4n) is 3.90. The molecule has 3 nitrogen and oxygen atoms in total. The lowest BCUT2D eigenvalue weighted by Gasteiger charge is -2.42. The Bertz CT molecular complexity index is 965. The number of esters is 1. The highest BCUT2D eigenvalue weighted by atomic mass is 32.1. The lowest BCUT2D eigenvalue weighted by Crippen LogP contribution is -2.34. The van der Waals surface area contributed by atoms with Gasteiger partial charge in [0.1, 0.15) is 10.8 Å². The van der Waals surface area contributed by atoms with Gasteiger partial charge in [-0.1, -0.05) is 52.0 Å². The lowest BCUT2D eigenvalue weighted by molar-refractivity contribution is 0.0521. The number of carbonyl (C=O) groups is 1. The van der Waals surface area contributed by atoms with Crippen LogP contribution in [0.3, 0.4) is 0 Å². The van der Waals surface area contributed by atoms with Gasteiger partial charge in [0.15, 0.2) is 0 Å². The van der Waals surface area contributed by atoms with Crippen molar-refractivity contribution in [2.45, 2.75) is 58.3 Å². The molecule has 2 aromatic carbocycles. The van der Waals surface area contributed by atoms with Gasteiger partial charge >= 0.3 is 5.97 Å². The van der Waals surface area contributed by atoms with Crippen molar-refractivity contribution in [1.82, 2.24) is 0 Å². The molecule has 1 aliphatic rings. The van der Waals surface area contributed by atoms with E-state index in [0.29, 0.717) is 10.7 Å². The molecular weight excluding hydrogens is 385 g/mol. The Morgan fingerprint density at radius 1 is 1.07 bits per heavy atom. The molecule has 0 heterocycles. The van der Waals surface area contributed by atoms with E-state index in [4.69, 9.17) is 17.0 Å². The minimum absolute atomic E-state index is 0.0823. The molecule has 0 aliphatic heterocycles. The number of fused-ring (bicyclic) bond motifs is 1. The molecule has 0 saturated heterocycles. The Hall–Kier alpha value is -2.27. The number of benzene rings is 2. The monoisotopic (exact) mass is 413 g/mol. The number of hydrogen-bond acceptors (Lipinski definition) is 3. The molecule has 0 saturated carbocycles. The Labute approximate surface area is 177 Å². The Balaban J connectivity index is 1.85. The largest absolute Gasteiger partial charge is 0.462 e. The number of anilines is 1. The molecule has 1 N–H and O–H groups in total. The highest BCUT2D eigenvalue weighted by Gasteiger charge is 2.37. The maximum absolute atomic E-state index is 14.3. The van der Waals surface area contributed by atoms with Crippen LogP contribution < -0.4 is 5.32 Å². The molecule has 3 rings (SSSR count). The summed E-state index contributed by atoms with van der Waals surface area (Å²) in [5, 5.41) is 3.09. The Kier molecular flexibility index (Phi) is 5.81. The highest BCUT2D eigenvalue weighted by molar-refractivity contribution is 7.81. The van der Waals surface area contributed by atoms with E-state index in [0.717, 1.165) is 18.4 Å². The fourth-order valence-corrected chi connectivity index (χ4v) is 4.15. The van der Waals surface area contributed by atoms with Crippen LogP contribution in [0.15, 0.2) is 36.4 Å². The smallest absolute Gasteiger partial charge is 0.341 e. The number of nitrogens with one attached hydrogen (secondary N) is 1. The third-order valence-electron chi connectivity index (χ3n) is 5.84. The zero-order valence-corrected chi connectivity index (χ0v) is 18.5. The summed E-state index contributed by atoms with van der Waals surface area (Å²) in [6.07, 6.45) is 2.28. The second kappa shape index (κ2) is 7.86. The molecule has 0 radical (unpaired) electrons. The second-order valence-corrected chi connectivity index (χ2v) is 9.31. The average Bonchev–Trinajstić information content (AvgIpc) is 2.65. The summed E-state index contributed by atoms with van der Waals surface area (Å²) >= 11 is 5.58. The number of rotatable bonds is 4. The third-order valence-corrected chi connectivity index (χ3v) is 6.18. The zero-order valence-electron chi connectivity index (χ0n) is 17.7. The van der Waals surface area contributed by atoms with Gasteiger partial charge in [0.2, 0.25) is 0 Å². The second-order valence-electron chi connectivity index (χ2n) is 8.90. The number of ether oxygens (including phenoxy) is 1. The van der Waals surface area contributed by atoms with Crippen LogP contribution in [0, 0.1) is 5.82 Å². The predicted octanol–water partition coefficient (Wildman–Crippen LogP) is 6.14. The van der Waals surface area contributed by atoms with Crippen LogP contribution in [0.1, 0.15) is 74.5 Å². The molecule has 0 fully saturated rings. The molecule has 1 aliphatic carbocycles. The van der Waals surface area contributed by atoms with E-state index in [1.807, 2.05) is 6.07 Å². The molecule has 29 heavy (non-hydrogen) atoms. The van der Waals surface area contributed by atoms with Crippen molar-refractivity contribution < 1.29 is 13.9 Å². The van der Waals surface area contributed by atoms with Crippen LogP contribution >= 0.6 is 12.2 Å². The van der Waals surface area contributed by atoms with Crippen LogP contribution in [-0.4, -0.2) is 17.6 Å². The summed E-state index contributed by atoms with van der Waals surface area (Å²) in [6.45, 7) is 11.0. The Morgan fingerprint density at radius 3 is 2.34 bits per heavy atom. The van der Waals surface area contributed by atoms with Gasteiger partial charge in [0.25, 0.3) is 0 Å². The van der Waals surface area contributed by atoms with E-state index in [9.17, 15) is 9.18 Å². The minimum Gasteiger partial charge on any atom is -0.462 e. The van der Waals surface area contributed by atoms with Gasteiger partial charge in [-0.2, -0.15) is 0 Å². The summed E-state index contributed by atoms with van der Waals surface area (Å²) in [4.78, 5) is 12.3. The molecular formula is C24H28FNO2S. The van der Waals surface area contributed by atoms with Crippen molar-refractivity contribution in [2.75, 3.05) is 11.9 Å². The van der Waals surface area contributed by atoms with E-state index in [2.05, 4.69) is 45.1 Å². The summed E-state index contributed by atoms with van der Waals surface area (Å²) in [7, 11) is 0. The molecule has 0 aromatic heterocycles. The first-order chi connectivity index (χ1) is 13.5. The van der Waals surface area contributed by atoms with Crippen molar-refractivity contribution in [3.63, 3.8) is 0 Å². The third kappa shape index (κ3) is 4.35. The van der Waals surface area contributed by atoms with E-state index >= 15 is 0 Å². The molecule has 0 amide bonds. The van der Waals surface area contributed by atoms with Gasteiger partial charge in [-0.15, -0.1) is 0 Å².